The van der Waals surface area contributed by atoms with E-state index in [4.69, 9.17) is 10.5 Å². The zero-order valence-corrected chi connectivity index (χ0v) is 8.80. The highest BCUT2D eigenvalue weighted by molar-refractivity contribution is 5.80. The van der Waals surface area contributed by atoms with Crippen molar-refractivity contribution in [2.75, 3.05) is 13.7 Å². The van der Waals surface area contributed by atoms with Gasteiger partial charge >= 0.3 is 0 Å². The van der Waals surface area contributed by atoms with E-state index in [9.17, 15) is 4.79 Å². The summed E-state index contributed by atoms with van der Waals surface area (Å²) in [7, 11) is 3.25. The first-order chi connectivity index (χ1) is 7.19. The number of carbonyl (C=O) groups excluding carboxylic acids is 1. The number of nitrogens with two attached hydrogens (primary N) is 1. The summed E-state index contributed by atoms with van der Waals surface area (Å²) in [5.41, 5.74) is 5.34. The third kappa shape index (κ3) is 3.00. The van der Waals surface area contributed by atoms with E-state index in [2.05, 4.69) is 15.5 Å². The van der Waals surface area contributed by atoms with E-state index in [-0.39, 0.29) is 12.5 Å². The Kier molecular flexibility index (Phi) is 4.19. The zero-order valence-electron chi connectivity index (χ0n) is 8.80. The Morgan fingerprint density at radius 3 is 3.00 bits per heavy atom. The average Bonchev–Trinajstić information content (AvgIpc) is 2.63. The lowest BCUT2D eigenvalue weighted by molar-refractivity contribution is -0.130. The lowest BCUT2D eigenvalue weighted by Gasteiger charge is -2.12. The van der Waals surface area contributed by atoms with Crippen LogP contribution in [0.1, 0.15) is 5.82 Å². The predicted octanol–water partition coefficient (Wildman–Crippen LogP) is -1.59. The summed E-state index contributed by atoms with van der Waals surface area (Å²) < 4.78 is 6.61. The fourth-order valence-corrected chi connectivity index (χ4v) is 1.06. The summed E-state index contributed by atoms with van der Waals surface area (Å²) in [5.74, 6) is 0.429. The van der Waals surface area contributed by atoms with Crippen LogP contribution in [0.25, 0.3) is 0 Å². The Balaban J connectivity index is 2.43. The van der Waals surface area contributed by atoms with Crippen molar-refractivity contribution < 1.29 is 9.53 Å². The Morgan fingerprint density at radius 2 is 2.53 bits per heavy atom. The molecule has 1 aromatic rings. The van der Waals surface area contributed by atoms with E-state index in [0.717, 1.165) is 0 Å². The summed E-state index contributed by atoms with van der Waals surface area (Å²) in [6.07, 6.45) is 0.955. The van der Waals surface area contributed by atoms with Gasteiger partial charge in [0.15, 0.2) is 5.82 Å². The largest absolute Gasteiger partial charge is 0.370 e. The number of amides is 1. The van der Waals surface area contributed by atoms with Crippen LogP contribution in [0.2, 0.25) is 0 Å². The average molecular weight is 213 g/mol. The Hall–Kier alpha value is -1.47. The van der Waals surface area contributed by atoms with Crippen LogP contribution in [0.4, 0.5) is 0 Å². The van der Waals surface area contributed by atoms with Crippen molar-refractivity contribution in [1.82, 2.24) is 20.1 Å². The molecule has 1 atom stereocenters. The van der Waals surface area contributed by atoms with Gasteiger partial charge in [-0.15, -0.1) is 10.2 Å². The van der Waals surface area contributed by atoms with Crippen molar-refractivity contribution in [1.29, 1.82) is 0 Å². The second-order valence-electron chi connectivity index (χ2n) is 3.04. The van der Waals surface area contributed by atoms with Crippen LogP contribution in [-0.2, 0) is 23.1 Å². The van der Waals surface area contributed by atoms with Crippen molar-refractivity contribution in [3.8, 4) is 0 Å². The van der Waals surface area contributed by atoms with Gasteiger partial charge in [0, 0.05) is 20.7 Å². The van der Waals surface area contributed by atoms with Gasteiger partial charge in [-0.05, 0) is 0 Å². The molecule has 0 aliphatic carbocycles. The Morgan fingerprint density at radius 1 is 1.80 bits per heavy atom. The van der Waals surface area contributed by atoms with Crippen LogP contribution in [0.3, 0.4) is 0 Å². The highest BCUT2D eigenvalue weighted by atomic mass is 16.5. The number of nitrogens with one attached hydrogen (secondary N) is 1. The summed E-state index contributed by atoms with van der Waals surface area (Å²) in [4.78, 5) is 11.4. The Bertz CT molecular complexity index is 321. The number of rotatable bonds is 5. The van der Waals surface area contributed by atoms with Crippen LogP contribution in [-0.4, -0.2) is 40.4 Å². The van der Waals surface area contributed by atoms with Crippen LogP contribution in [0.15, 0.2) is 6.33 Å². The van der Waals surface area contributed by atoms with Gasteiger partial charge in [0.1, 0.15) is 12.4 Å². The lowest BCUT2D eigenvalue weighted by Crippen LogP contribution is -2.40. The number of nitrogens with zero attached hydrogens (tertiary/aromatic N) is 3. The molecule has 15 heavy (non-hydrogen) atoms. The molecule has 1 aromatic heterocycles. The number of methoxy groups -OCH3 is 1. The van der Waals surface area contributed by atoms with Crippen LogP contribution in [0, 0.1) is 0 Å². The highest BCUT2D eigenvalue weighted by Crippen LogP contribution is 1.92. The van der Waals surface area contributed by atoms with Gasteiger partial charge in [-0.2, -0.15) is 0 Å². The molecule has 0 spiro atoms. The predicted molar refractivity (Wildman–Crippen MR) is 52.7 cm³/mol. The fraction of sp³-hybridized carbons (Fsp3) is 0.625. The van der Waals surface area contributed by atoms with Crippen LogP contribution < -0.4 is 11.1 Å². The number of aromatic nitrogens is 3. The Labute approximate surface area is 87.6 Å². The molecule has 84 valence electrons. The molecule has 1 amide bonds. The normalized spacial score (nSPS) is 12.5. The second kappa shape index (κ2) is 5.42. The number of aryl methyl sites for hydroxylation is 1. The first-order valence-corrected chi connectivity index (χ1v) is 4.52. The minimum atomic E-state index is -0.613. The van der Waals surface area contributed by atoms with Crippen LogP contribution >= 0.6 is 0 Å². The second-order valence-corrected chi connectivity index (χ2v) is 3.04. The maximum atomic E-state index is 11.4. The zero-order chi connectivity index (χ0) is 11.3. The van der Waals surface area contributed by atoms with Crippen molar-refractivity contribution in [3.05, 3.63) is 12.2 Å². The third-order valence-corrected chi connectivity index (χ3v) is 2.02. The van der Waals surface area contributed by atoms with Gasteiger partial charge in [-0.1, -0.05) is 0 Å². The summed E-state index contributed by atoms with van der Waals surface area (Å²) in [5, 5.41) is 10.2. The quantitative estimate of drug-likeness (QED) is 0.614. The minimum Gasteiger partial charge on any atom is -0.370 e. The summed E-state index contributed by atoms with van der Waals surface area (Å²) in [6.45, 7) is 0.469. The van der Waals surface area contributed by atoms with Crippen molar-refractivity contribution in [2.24, 2.45) is 12.8 Å². The first kappa shape index (κ1) is 11.6. The molecule has 1 unspecified atom stereocenters. The van der Waals surface area contributed by atoms with Crippen LogP contribution in [0.5, 0.6) is 0 Å². The molecule has 1 rings (SSSR count). The number of hydrogen-bond acceptors (Lipinski definition) is 5. The molecule has 7 heteroatoms. The molecule has 0 fully saturated rings. The first-order valence-electron chi connectivity index (χ1n) is 4.52. The van der Waals surface area contributed by atoms with Gasteiger partial charge in [-0.25, -0.2) is 0 Å². The number of ether oxygens (including phenoxy) is 1. The lowest BCUT2D eigenvalue weighted by atomic mass is 10.3. The smallest absolute Gasteiger partial charge is 0.250 e. The van der Waals surface area contributed by atoms with E-state index >= 15 is 0 Å². The number of hydrogen-bond donors (Lipinski definition) is 2. The van der Waals surface area contributed by atoms with E-state index in [1.54, 1.807) is 17.9 Å². The number of carbonyl (C=O) groups is 1. The van der Waals surface area contributed by atoms with Crippen molar-refractivity contribution in [3.63, 3.8) is 0 Å². The minimum absolute atomic E-state index is 0.154. The molecule has 7 nitrogen and oxygen atoms in total. The molecular formula is C8H15N5O2. The van der Waals surface area contributed by atoms with E-state index in [1.807, 2.05) is 0 Å². The van der Waals surface area contributed by atoms with E-state index < -0.39 is 6.10 Å². The SMILES string of the molecule is COC(CN)C(=O)NCc1nncn1C. The molecule has 0 aliphatic heterocycles. The van der Waals surface area contributed by atoms with E-state index in [1.165, 1.54) is 7.11 Å². The van der Waals surface area contributed by atoms with Gasteiger partial charge < -0.3 is 20.4 Å². The molecule has 3 N–H and O–H groups in total. The third-order valence-electron chi connectivity index (χ3n) is 2.02. The molecule has 0 aromatic carbocycles. The molecule has 1 heterocycles. The summed E-state index contributed by atoms with van der Waals surface area (Å²) >= 11 is 0. The van der Waals surface area contributed by atoms with E-state index in [0.29, 0.717) is 12.4 Å². The van der Waals surface area contributed by atoms with Crippen molar-refractivity contribution >= 4 is 5.91 Å². The molecule has 0 bridgehead atoms. The maximum Gasteiger partial charge on any atom is 0.250 e. The molecule has 0 saturated carbocycles. The monoisotopic (exact) mass is 213 g/mol. The molecule has 0 radical (unpaired) electrons. The standard InChI is InChI=1S/C8H15N5O2/c1-13-5-11-12-7(13)4-10-8(14)6(3-9)15-2/h5-6H,3-4,9H2,1-2H3,(H,10,14). The fourth-order valence-electron chi connectivity index (χ4n) is 1.06. The molecule has 0 saturated heterocycles. The van der Waals surface area contributed by atoms with Gasteiger partial charge in [-0.3, -0.25) is 4.79 Å². The van der Waals surface area contributed by atoms with Crippen molar-refractivity contribution in [2.45, 2.75) is 12.6 Å². The topological polar surface area (TPSA) is 95.1 Å². The van der Waals surface area contributed by atoms with Gasteiger partial charge in [0.25, 0.3) is 5.91 Å². The highest BCUT2D eigenvalue weighted by Gasteiger charge is 2.15. The molecule has 0 aliphatic rings. The van der Waals surface area contributed by atoms with Gasteiger partial charge in [0.2, 0.25) is 0 Å². The van der Waals surface area contributed by atoms with Gasteiger partial charge in [0.05, 0.1) is 6.54 Å². The maximum absolute atomic E-state index is 11.4. The molecular weight excluding hydrogens is 198 g/mol. The summed E-state index contributed by atoms with van der Waals surface area (Å²) in [6, 6.07) is 0.